The monoisotopic (exact) mass is 366 g/mol. The van der Waals surface area contributed by atoms with Gasteiger partial charge in [-0.05, 0) is 25.5 Å². The van der Waals surface area contributed by atoms with Gasteiger partial charge >= 0.3 is 0 Å². The summed E-state index contributed by atoms with van der Waals surface area (Å²) in [5, 5.41) is 11.5. The molecule has 0 amide bonds. The first-order valence-corrected chi connectivity index (χ1v) is 9.42. The molecule has 0 bridgehead atoms. The Morgan fingerprint density at radius 2 is 1.78 bits per heavy atom. The third-order valence-electron chi connectivity index (χ3n) is 5.17. The summed E-state index contributed by atoms with van der Waals surface area (Å²) in [4.78, 5) is 9.16. The number of H-pyrrole nitrogens is 1. The first-order valence-electron chi connectivity index (χ1n) is 9.42. The number of nitrogens with one attached hydrogen (secondary N) is 1. The minimum atomic E-state index is 0.627. The number of piperazine rings is 1. The summed E-state index contributed by atoms with van der Waals surface area (Å²) in [6.07, 6.45) is 1.96. The van der Waals surface area contributed by atoms with Gasteiger partial charge in [0.15, 0.2) is 5.82 Å². The molecule has 7 nitrogen and oxygen atoms in total. The first kappa shape index (κ1) is 17.9. The van der Waals surface area contributed by atoms with Gasteiger partial charge in [-0.15, -0.1) is 0 Å². The lowest BCUT2D eigenvalue weighted by molar-refractivity contribution is 0.119. The summed E-state index contributed by atoms with van der Waals surface area (Å²) in [6, 6.07) is 6.56. The van der Waals surface area contributed by atoms with Crippen LogP contribution in [0.15, 0.2) is 28.9 Å². The summed E-state index contributed by atoms with van der Waals surface area (Å²) >= 11 is 0. The molecule has 0 aliphatic carbocycles. The molecular weight excluding hydrogens is 340 g/mol. The van der Waals surface area contributed by atoms with Crippen molar-refractivity contribution >= 4 is 0 Å². The highest BCUT2D eigenvalue weighted by Crippen LogP contribution is 2.27. The Labute approximate surface area is 159 Å². The molecule has 1 aliphatic rings. The van der Waals surface area contributed by atoms with Gasteiger partial charge in [0.25, 0.3) is 0 Å². The highest BCUT2D eigenvalue weighted by Gasteiger charge is 2.20. The molecule has 3 heterocycles. The van der Waals surface area contributed by atoms with Gasteiger partial charge in [-0.3, -0.25) is 14.9 Å². The van der Waals surface area contributed by atoms with E-state index in [2.05, 4.69) is 62.2 Å². The summed E-state index contributed by atoms with van der Waals surface area (Å²) in [7, 11) is 0. The molecule has 142 valence electrons. The highest BCUT2D eigenvalue weighted by atomic mass is 16.5. The van der Waals surface area contributed by atoms with Crippen LogP contribution in [-0.2, 0) is 13.1 Å². The molecule has 0 unspecified atom stereocenters. The molecule has 1 N–H and O–H groups in total. The van der Waals surface area contributed by atoms with Crippen LogP contribution >= 0.6 is 0 Å². The van der Waals surface area contributed by atoms with E-state index in [0.29, 0.717) is 5.89 Å². The van der Waals surface area contributed by atoms with E-state index < -0.39 is 0 Å². The summed E-state index contributed by atoms with van der Waals surface area (Å²) in [6.45, 7) is 11.8. The van der Waals surface area contributed by atoms with Gasteiger partial charge in [0, 0.05) is 50.8 Å². The van der Waals surface area contributed by atoms with Crippen LogP contribution in [0.4, 0.5) is 0 Å². The third-order valence-corrected chi connectivity index (χ3v) is 5.17. The molecule has 0 radical (unpaired) electrons. The van der Waals surface area contributed by atoms with Crippen LogP contribution in [-0.4, -0.2) is 56.3 Å². The van der Waals surface area contributed by atoms with E-state index in [9.17, 15) is 0 Å². The van der Waals surface area contributed by atoms with Crippen molar-refractivity contribution in [2.75, 3.05) is 26.2 Å². The van der Waals surface area contributed by atoms with Crippen molar-refractivity contribution in [2.24, 2.45) is 0 Å². The van der Waals surface area contributed by atoms with Crippen LogP contribution < -0.4 is 0 Å². The molecule has 1 aliphatic heterocycles. The predicted molar refractivity (Wildman–Crippen MR) is 103 cm³/mol. The Hall–Kier alpha value is -2.51. The fourth-order valence-corrected chi connectivity index (χ4v) is 3.62. The quantitative estimate of drug-likeness (QED) is 0.748. The van der Waals surface area contributed by atoms with Crippen molar-refractivity contribution in [2.45, 2.75) is 33.9 Å². The Morgan fingerprint density at radius 3 is 2.48 bits per heavy atom. The Balaban J connectivity index is 1.39. The molecule has 7 heteroatoms. The van der Waals surface area contributed by atoms with Crippen molar-refractivity contribution in [1.29, 1.82) is 0 Å². The van der Waals surface area contributed by atoms with Crippen LogP contribution in [0.3, 0.4) is 0 Å². The van der Waals surface area contributed by atoms with E-state index in [1.165, 1.54) is 22.3 Å². The molecule has 2 aromatic heterocycles. The van der Waals surface area contributed by atoms with Crippen LogP contribution in [0.1, 0.15) is 28.4 Å². The zero-order chi connectivity index (χ0) is 18.8. The molecule has 4 rings (SSSR count). The van der Waals surface area contributed by atoms with Gasteiger partial charge in [-0.25, -0.2) is 0 Å². The average Bonchev–Trinajstić information content (AvgIpc) is 3.28. The van der Waals surface area contributed by atoms with Gasteiger partial charge in [0.2, 0.25) is 5.89 Å². The van der Waals surface area contributed by atoms with Gasteiger partial charge in [-0.1, -0.05) is 22.9 Å². The number of aromatic nitrogens is 4. The fourth-order valence-electron chi connectivity index (χ4n) is 3.62. The largest absolute Gasteiger partial charge is 0.340 e. The Bertz CT molecular complexity index is 907. The Morgan fingerprint density at radius 1 is 1.04 bits per heavy atom. The topological polar surface area (TPSA) is 74.1 Å². The number of aromatic amines is 1. The number of hydrogen-bond acceptors (Lipinski definition) is 6. The molecule has 1 aromatic carbocycles. The van der Waals surface area contributed by atoms with Crippen molar-refractivity contribution in [1.82, 2.24) is 30.1 Å². The molecule has 0 atom stereocenters. The highest BCUT2D eigenvalue weighted by molar-refractivity contribution is 5.67. The molecule has 3 aromatic rings. The smallest absolute Gasteiger partial charge is 0.223 e. The maximum atomic E-state index is 5.06. The van der Waals surface area contributed by atoms with Gasteiger partial charge in [-0.2, -0.15) is 10.1 Å². The third kappa shape index (κ3) is 4.09. The molecular formula is C20H26N6O. The summed E-state index contributed by atoms with van der Waals surface area (Å²) in [5.74, 6) is 1.40. The van der Waals surface area contributed by atoms with E-state index in [0.717, 1.165) is 50.8 Å². The lowest BCUT2D eigenvalue weighted by Crippen LogP contribution is -2.45. The molecule has 27 heavy (non-hydrogen) atoms. The molecule has 1 fully saturated rings. The van der Waals surface area contributed by atoms with Crippen molar-refractivity contribution in [3.63, 3.8) is 0 Å². The normalized spacial score (nSPS) is 16.1. The van der Waals surface area contributed by atoms with E-state index >= 15 is 0 Å². The van der Waals surface area contributed by atoms with E-state index in [4.69, 9.17) is 4.52 Å². The van der Waals surface area contributed by atoms with Crippen molar-refractivity contribution < 1.29 is 4.52 Å². The lowest BCUT2D eigenvalue weighted by atomic mass is 10.00. The predicted octanol–water partition coefficient (Wildman–Crippen LogP) is 2.70. The standard InChI is InChI=1S/C20H26N6O/c1-14-4-5-15(2)18(10-14)20-17(11-21-23-20)12-25-6-8-26(9-7-25)13-19-22-16(3)27-24-19/h4-5,10-11H,6-9,12-13H2,1-3H3,(H,21,23). The van der Waals surface area contributed by atoms with E-state index in [1.54, 1.807) is 0 Å². The number of aryl methyl sites for hydroxylation is 3. The Kier molecular flexibility index (Phi) is 5.05. The lowest BCUT2D eigenvalue weighted by Gasteiger charge is -2.34. The second-order valence-corrected chi connectivity index (χ2v) is 7.37. The minimum Gasteiger partial charge on any atom is -0.340 e. The van der Waals surface area contributed by atoms with Gasteiger partial charge in [0.1, 0.15) is 0 Å². The average molecular weight is 366 g/mol. The van der Waals surface area contributed by atoms with Crippen LogP contribution in [0.25, 0.3) is 11.3 Å². The van der Waals surface area contributed by atoms with E-state index in [-0.39, 0.29) is 0 Å². The number of nitrogens with zero attached hydrogens (tertiary/aromatic N) is 5. The SMILES string of the molecule is Cc1ccc(C)c(-c2[nH]ncc2CN2CCN(Cc3noc(C)n3)CC2)c1. The molecule has 0 saturated carbocycles. The maximum Gasteiger partial charge on any atom is 0.223 e. The first-order chi connectivity index (χ1) is 13.1. The number of rotatable bonds is 5. The van der Waals surface area contributed by atoms with Crippen molar-refractivity contribution in [3.8, 4) is 11.3 Å². The number of benzene rings is 1. The van der Waals surface area contributed by atoms with Gasteiger partial charge in [0.05, 0.1) is 18.4 Å². The zero-order valence-electron chi connectivity index (χ0n) is 16.2. The molecule has 1 saturated heterocycles. The zero-order valence-corrected chi connectivity index (χ0v) is 16.2. The second kappa shape index (κ2) is 7.62. The van der Waals surface area contributed by atoms with Crippen LogP contribution in [0, 0.1) is 20.8 Å². The number of hydrogen-bond donors (Lipinski definition) is 1. The minimum absolute atomic E-state index is 0.627. The molecule has 0 spiro atoms. The van der Waals surface area contributed by atoms with Crippen LogP contribution in [0.5, 0.6) is 0 Å². The van der Waals surface area contributed by atoms with E-state index in [1.807, 2.05) is 13.1 Å². The summed E-state index contributed by atoms with van der Waals surface area (Å²) < 4.78 is 5.06. The van der Waals surface area contributed by atoms with Crippen molar-refractivity contribution in [3.05, 3.63) is 52.8 Å². The second-order valence-electron chi connectivity index (χ2n) is 7.37. The fraction of sp³-hybridized carbons (Fsp3) is 0.450. The summed E-state index contributed by atoms with van der Waals surface area (Å²) in [5.41, 5.74) is 6.17. The van der Waals surface area contributed by atoms with Gasteiger partial charge < -0.3 is 4.52 Å². The maximum absolute atomic E-state index is 5.06. The van der Waals surface area contributed by atoms with Crippen LogP contribution in [0.2, 0.25) is 0 Å².